The fraction of sp³-hybridized carbons (Fsp3) is 0.417. The summed E-state index contributed by atoms with van der Waals surface area (Å²) in [7, 11) is 2.34. The maximum atomic E-state index is 13.7. The standard InChI is InChI=1S/C12H12ClF2NO3S/c1-16(7-3-2-4-7)12(17)9-5-8(20(13,18)19)6-10(14)11(9)15/h5-7H,2-4H2,1H3. The molecule has 1 amide bonds. The molecule has 0 N–H and O–H groups in total. The summed E-state index contributed by atoms with van der Waals surface area (Å²) in [6.07, 6.45) is 2.55. The van der Waals surface area contributed by atoms with Gasteiger partial charge in [0.2, 0.25) is 0 Å². The number of rotatable bonds is 3. The highest BCUT2D eigenvalue weighted by atomic mass is 35.7. The zero-order valence-corrected chi connectivity index (χ0v) is 12.1. The fourth-order valence-electron chi connectivity index (χ4n) is 1.99. The Hall–Kier alpha value is -1.21. The van der Waals surface area contributed by atoms with Crippen LogP contribution >= 0.6 is 10.7 Å². The summed E-state index contributed by atoms with van der Waals surface area (Å²) in [5, 5.41) is 0. The average molecular weight is 324 g/mol. The minimum atomic E-state index is -4.24. The van der Waals surface area contributed by atoms with E-state index in [0.29, 0.717) is 6.07 Å². The van der Waals surface area contributed by atoms with Gasteiger partial charge in [-0.15, -0.1) is 0 Å². The molecule has 1 aromatic carbocycles. The SMILES string of the molecule is CN(C(=O)c1cc(S(=O)(=O)Cl)cc(F)c1F)C1CCC1. The minimum Gasteiger partial charge on any atom is -0.339 e. The molecule has 0 aliphatic heterocycles. The highest BCUT2D eigenvalue weighted by Gasteiger charge is 2.29. The normalized spacial score (nSPS) is 15.8. The van der Waals surface area contributed by atoms with Crippen molar-refractivity contribution in [1.29, 1.82) is 0 Å². The van der Waals surface area contributed by atoms with Gasteiger partial charge in [0.25, 0.3) is 15.0 Å². The van der Waals surface area contributed by atoms with Crippen molar-refractivity contribution in [2.45, 2.75) is 30.2 Å². The van der Waals surface area contributed by atoms with Crippen molar-refractivity contribution in [3.63, 3.8) is 0 Å². The molecule has 1 saturated carbocycles. The number of benzene rings is 1. The van der Waals surface area contributed by atoms with Crippen molar-refractivity contribution in [3.8, 4) is 0 Å². The summed E-state index contributed by atoms with van der Waals surface area (Å²) in [6.45, 7) is 0. The summed E-state index contributed by atoms with van der Waals surface area (Å²) < 4.78 is 49.5. The van der Waals surface area contributed by atoms with Gasteiger partial charge in [-0.3, -0.25) is 4.79 Å². The predicted molar refractivity (Wildman–Crippen MR) is 69.1 cm³/mol. The van der Waals surface area contributed by atoms with Crippen LogP contribution in [-0.4, -0.2) is 32.3 Å². The molecule has 0 spiro atoms. The summed E-state index contributed by atoms with van der Waals surface area (Å²) >= 11 is 0. The summed E-state index contributed by atoms with van der Waals surface area (Å²) in [6, 6.07) is 1.19. The highest BCUT2D eigenvalue weighted by Crippen LogP contribution is 2.27. The van der Waals surface area contributed by atoms with Crippen LogP contribution < -0.4 is 0 Å². The summed E-state index contributed by atoms with van der Waals surface area (Å²) in [5.74, 6) is -3.55. The highest BCUT2D eigenvalue weighted by molar-refractivity contribution is 8.13. The zero-order valence-electron chi connectivity index (χ0n) is 10.6. The van der Waals surface area contributed by atoms with Crippen molar-refractivity contribution in [1.82, 2.24) is 4.90 Å². The molecule has 4 nitrogen and oxygen atoms in total. The molecule has 110 valence electrons. The Balaban J connectivity index is 2.44. The van der Waals surface area contributed by atoms with Gasteiger partial charge in [-0.05, 0) is 31.4 Å². The maximum absolute atomic E-state index is 13.7. The second-order valence-corrected chi connectivity index (χ2v) is 7.27. The Bertz CT molecular complexity index is 659. The van der Waals surface area contributed by atoms with E-state index in [0.717, 1.165) is 25.3 Å². The second-order valence-electron chi connectivity index (χ2n) is 4.71. The maximum Gasteiger partial charge on any atom is 0.261 e. The first-order chi connectivity index (χ1) is 9.21. The topological polar surface area (TPSA) is 54.5 Å². The van der Waals surface area contributed by atoms with E-state index in [-0.39, 0.29) is 6.04 Å². The van der Waals surface area contributed by atoms with Gasteiger partial charge >= 0.3 is 0 Å². The van der Waals surface area contributed by atoms with Crippen LogP contribution in [0.25, 0.3) is 0 Å². The smallest absolute Gasteiger partial charge is 0.261 e. The van der Waals surface area contributed by atoms with Crippen LogP contribution in [-0.2, 0) is 9.05 Å². The lowest BCUT2D eigenvalue weighted by Gasteiger charge is -2.34. The molecule has 0 bridgehead atoms. The molecule has 8 heteroatoms. The number of carbonyl (C=O) groups excluding carboxylic acids is 1. The Morgan fingerprint density at radius 3 is 2.40 bits per heavy atom. The average Bonchev–Trinajstić information content (AvgIpc) is 2.27. The van der Waals surface area contributed by atoms with Crippen LogP contribution in [0.2, 0.25) is 0 Å². The first kappa shape index (κ1) is 15.2. The molecule has 0 atom stereocenters. The van der Waals surface area contributed by atoms with E-state index in [1.165, 1.54) is 11.9 Å². The Morgan fingerprint density at radius 2 is 1.95 bits per heavy atom. The number of hydrogen-bond donors (Lipinski definition) is 0. The Morgan fingerprint density at radius 1 is 1.35 bits per heavy atom. The Labute approximate surface area is 119 Å². The van der Waals surface area contributed by atoms with Crippen molar-refractivity contribution < 1.29 is 22.0 Å². The minimum absolute atomic E-state index is 0.0266. The van der Waals surface area contributed by atoms with Crippen LogP contribution in [0.4, 0.5) is 8.78 Å². The molecule has 20 heavy (non-hydrogen) atoms. The van der Waals surface area contributed by atoms with Gasteiger partial charge in [0.15, 0.2) is 11.6 Å². The van der Waals surface area contributed by atoms with Gasteiger partial charge in [0.05, 0.1) is 10.5 Å². The van der Waals surface area contributed by atoms with Crippen LogP contribution in [0.5, 0.6) is 0 Å². The van der Waals surface area contributed by atoms with Crippen LogP contribution in [0.15, 0.2) is 17.0 Å². The van der Waals surface area contributed by atoms with E-state index in [4.69, 9.17) is 10.7 Å². The third-order valence-electron chi connectivity index (χ3n) is 3.46. The zero-order chi connectivity index (χ0) is 15.1. The number of halogens is 3. The lowest BCUT2D eigenvalue weighted by Crippen LogP contribution is -2.41. The lowest BCUT2D eigenvalue weighted by atomic mass is 9.91. The first-order valence-corrected chi connectivity index (χ1v) is 8.23. The van der Waals surface area contributed by atoms with E-state index >= 15 is 0 Å². The molecule has 1 aliphatic rings. The van der Waals surface area contributed by atoms with E-state index in [9.17, 15) is 22.0 Å². The first-order valence-electron chi connectivity index (χ1n) is 5.92. The van der Waals surface area contributed by atoms with Crippen LogP contribution in [0.3, 0.4) is 0 Å². The number of hydrogen-bond acceptors (Lipinski definition) is 3. The van der Waals surface area contributed by atoms with Gasteiger partial charge in [-0.25, -0.2) is 17.2 Å². The third kappa shape index (κ3) is 2.78. The van der Waals surface area contributed by atoms with Gasteiger partial charge < -0.3 is 4.90 Å². The molecule has 0 heterocycles. The third-order valence-corrected chi connectivity index (χ3v) is 4.79. The van der Waals surface area contributed by atoms with E-state index in [1.807, 2.05) is 0 Å². The van der Waals surface area contributed by atoms with Gasteiger partial charge in [0, 0.05) is 23.8 Å². The largest absolute Gasteiger partial charge is 0.339 e. The molecule has 0 radical (unpaired) electrons. The monoisotopic (exact) mass is 323 g/mol. The molecular weight excluding hydrogens is 312 g/mol. The second kappa shape index (κ2) is 5.29. The van der Waals surface area contributed by atoms with Crippen molar-refractivity contribution >= 4 is 25.6 Å². The number of carbonyl (C=O) groups is 1. The summed E-state index contributed by atoms with van der Waals surface area (Å²) in [5.41, 5.74) is -0.626. The molecule has 1 aromatic rings. The van der Waals surface area contributed by atoms with E-state index in [2.05, 4.69) is 0 Å². The molecule has 2 rings (SSSR count). The lowest BCUT2D eigenvalue weighted by molar-refractivity contribution is 0.0646. The number of nitrogens with zero attached hydrogens (tertiary/aromatic N) is 1. The summed E-state index contributed by atoms with van der Waals surface area (Å²) in [4.78, 5) is 12.8. The number of amides is 1. The molecule has 0 saturated heterocycles. The van der Waals surface area contributed by atoms with Gasteiger partial charge in [-0.1, -0.05) is 0 Å². The molecule has 1 aliphatic carbocycles. The Kier molecular flexibility index (Phi) is 4.02. The van der Waals surface area contributed by atoms with Gasteiger partial charge in [0.1, 0.15) is 0 Å². The molecular formula is C12H12ClF2NO3S. The van der Waals surface area contributed by atoms with Crippen molar-refractivity contribution in [3.05, 3.63) is 29.3 Å². The van der Waals surface area contributed by atoms with Crippen LogP contribution in [0, 0.1) is 11.6 Å². The van der Waals surface area contributed by atoms with Crippen molar-refractivity contribution in [2.24, 2.45) is 0 Å². The van der Waals surface area contributed by atoms with Crippen molar-refractivity contribution in [2.75, 3.05) is 7.05 Å². The van der Waals surface area contributed by atoms with Gasteiger partial charge in [-0.2, -0.15) is 0 Å². The predicted octanol–water partition coefficient (Wildman–Crippen LogP) is 2.52. The molecule has 1 fully saturated rings. The molecule has 0 aromatic heterocycles. The molecule has 0 unspecified atom stereocenters. The van der Waals surface area contributed by atoms with E-state index < -0.39 is 37.1 Å². The fourth-order valence-corrected chi connectivity index (χ4v) is 2.76. The van der Waals surface area contributed by atoms with E-state index in [1.54, 1.807) is 0 Å². The quantitative estimate of drug-likeness (QED) is 0.803. The van der Waals surface area contributed by atoms with Crippen LogP contribution in [0.1, 0.15) is 29.6 Å².